The van der Waals surface area contributed by atoms with E-state index >= 15 is 0 Å². The average Bonchev–Trinajstić information content (AvgIpc) is 2.16. The molecule has 1 N–H and O–H groups in total. The molecule has 0 amide bonds. The number of hydrogen-bond donors (Lipinski definition) is 1. The molecule has 1 aromatic carbocycles. The van der Waals surface area contributed by atoms with Crippen molar-refractivity contribution in [3.05, 3.63) is 29.3 Å². The van der Waals surface area contributed by atoms with Crippen LogP contribution in [0.3, 0.4) is 0 Å². The van der Waals surface area contributed by atoms with Crippen LogP contribution in [0.1, 0.15) is 21.5 Å². The number of hydrogen-bond acceptors (Lipinski definition) is 3. The van der Waals surface area contributed by atoms with Crippen molar-refractivity contribution >= 4 is 28.4 Å². The number of aliphatic hydroxyl groups is 1. The van der Waals surface area contributed by atoms with Crippen molar-refractivity contribution in [2.24, 2.45) is 0 Å². The summed E-state index contributed by atoms with van der Waals surface area (Å²) >= 11 is 10.8. The molecule has 1 atom stereocenters. The van der Waals surface area contributed by atoms with Crippen LogP contribution in [0.4, 0.5) is 0 Å². The normalized spacial score (nSPS) is 12.3. The standard InChI is InChI=1S/C9H8Cl2O3/c1-14-7-5(8(10)12)3-2-4-6(7)9(11)13/h2-4,8,12H,1H3. The highest BCUT2D eigenvalue weighted by molar-refractivity contribution is 6.68. The van der Waals surface area contributed by atoms with E-state index in [0.717, 1.165) is 0 Å². The Bertz CT molecular complexity index is 350. The first-order valence-corrected chi connectivity index (χ1v) is 4.58. The maximum atomic E-state index is 11.0. The Labute approximate surface area is 91.2 Å². The lowest BCUT2D eigenvalue weighted by Crippen LogP contribution is -2.01. The fraction of sp³-hybridized carbons (Fsp3) is 0.222. The molecule has 1 rings (SSSR count). The number of aliphatic hydroxyl groups excluding tert-OH is 1. The van der Waals surface area contributed by atoms with Crippen molar-refractivity contribution in [2.45, 2.75) is 5.56 Å². The van der Waals surface area contributed by atoms with Crippen LogP contribution in [0.2, 0.25) is 0 Å². The van der Waals surface area contributed by atoms with Gasteiger partial charge in [0, 0.05) is 5.56 Å². The summed E-state index contributed by atoms with van der Waals surface area (Å²) in [4.78, 5) is 11.0. The van der Waals surface area contributed by atoms with Gasteiger partial charge in [-0.1, -0.05) is 23.7 Å². The van der Waals surface area contributed by atoms with Gasteiger partial charge in [-0.15, -0.1) is 0 Å². The molecule has 0 aromatic heterocycles. The number of halogens is 2. The number of benzene rings is 1. The summed E-state index contributed by atoms with van der Waals surface area (Å²) in [5.41, 5.74) is -0.715. The molecule has 14 heavy (non-hydrogen) atoms. The highest BCUT2D eigenvalue weighted by atomic mass is 35.5. The Morgan fingerprint density at radius 1 is 1.57 bits per heavy atom. The van der Waals surface area contributed by atoms with Crippen LogP contribution < -0.4 is 4.74 Å². The second-order valence-electron chi connectivity index (χ2n) is 2.54. The molecule has 0 bridgehead atoms. The highest BCUT2D eigenvalue weighted by Gasteiger charge is 2.17. The zero-order valence-electron chi connectivity index (χ0n) is 7.33. The third-order valence-electron chi connectivity index (χ3n) is 1.72. The maximum absolute atomic E-state index is 11.0. The van der Waals surface area contributed by atoms with E-state index in [1.165, 1.54) is 13.2 Å². The van der Waals surface area contributed by atoms with Crippen molar-refractivity contribution in [2.75, 3.05) is 7.11 Å². The number of alkyl halides is 1. The number of rotatable bonds is 3. The zero-order chi connectivity index (χ0) is 10.7. The van der Waals surface area contributed by atoms with Crippen LogP contribution >= 0.6 is 23.2 Å². The second kappa shape index (κ2) is 4.64. The molecule has 76 valence electrons. The smallest absolute Gasteiger partial charge is 0.256 e. The number of methoxy groups -OCH3 is 1. The third-order valence-corrected chi connectivity index (χ3v) is 2.16. The summed E-state index contributed by atoms with van der Waals surface area (Å²) in [6.07, 6.45) is 0. The fourth-order valence-electron chi connectivity index (χ4n) is 1.13. The minimum atomic E-state index is -1.22. The van der Waals surface area contributed by atoms with Gasteiger partial charge in [0.2, 0.25) is 0 Å². The lowest BCUT2D eigenvalue weighted by molar-refractivity contribution is 0.107. The topological polar surface area (TPSA) is 46.5 Å². The minimum absolute atomic E-state index is 0.186. The minimum Gasteiger partial charge on any atom is -0.496 e. The van der Waals surface area contributed by atoms with Crippen molar-refractivity contribution in [3.8, 4) is 5.75 Å². The first kappa shape index (κ1) is 11.3. The van der Waals surface area contributed by atoms with Gasteiger partial charge in [0.1, 0.15) is 5.75 Å². The van der Waals surface area contributed by atoms with Crippen LogP contribution in [0.5, 0.6) is 5.75 Å². The molecule has 1 unspecified atom stereocenters. The molecular formula is C9H8Cl2O3. The molecule has 0 aliphatic rings. The number of carbonyl (C=O) groups is 1. The third kappa shape index (κ3) is 2.18. The molecule has 0 spiro atoms. The monoisotopic (exact) mass is 234 g/mol. The molecule has 0 aliphatic heterocycles. The summed E-state index contributed by atoms with van der Waals surface area (Å²) < 4.78 is 4.95. The second-order valence-corrected chi connectivity index (χ2v) is 3.29. The molecule has 0 fully saturated rings. The van der Waals surface area contributed by atoms with Crippen LogP contribution in [-0.4, -0.2) is 17.5 Å². The number of carbonyl (C=O) groups excluding carboxylic acids is 1. The van der Waals surface area contributed by atoms with E-state index < -0.39 is 10.8 Å². The van der Waals surface area contributed by atoms with E-state index in [1.54, 1.807) is 12.1 Å². The lowest BCUT2D eigenvalue weighted by Gasteiger charge is -2.11. The molecule has 1 aromatic rings. The van der Waals surface area contributed by atoms with Gasteiger partial charge in [-0.3, -0.25) is 4.79 Å². The van der Waals surface area contributed by atoms with Gasteiger partial charge in [0.05, 0.1) is 12.7 Å². The summed E-state index contributed by atoms with van der Waals surface area (Å²) in [5, 5.41) is 8.52. The van der Waals surface area contributed by atoms with Gasteiger partial charge in [-0.2, -0.15) is 0 Å². The Hall–Kier alpha value is -0.770. The van der Waals surface area contributed by atoms with Crippen molar-refractivity contribution in [1.29, 1.82) is 0 Å². The van der Waals surface area contributed by atoms with E-state index in [9.17, 15) is 9.90 Å². The molecule has 0 aliphatic carbocycles. The van der Waals surface area contributed by atoms with Crippen molar-refractivity contribution < 1.29 is 14.6 Å². The molecule has 0 saturated carbocycles. The first-order chi connectivity index (χ1) is 6.57. The largest absolute Gasteiger partial charge is 0.496 e. The lowest BCUT2D eigenvalue weighted by atomic mass is 10.1. The van der Waals surface area contributed by atoms with Crippen LogP contribution in [0, 0.1) is 0 Å². The summed E-state index contributed by atoms with van der Waals surface area (Å²) in [5.74, 6) is 0.204. The van der Waals surface area contributed by atoms with E-state index in [1.807, 2.05) is 0 Å². The van der Waals surface area contributed by atoms with Crippen LogP contribution in [0.25, 0.3) is 0 Å². The molecule has 0 saturated heterocycles. The summed E-state index contributed by atoms with van der Waals surface area (Å²) in [7, 11) is 1.38. The zero-order valence-corrected chi connectivity index (χ0v) is 8.84. The Kier molecular flexibility index (Phi) is 3.75. The predicted octanol–water partition coefficient (Wildman–Crippen LogP) is 2.30. The Balaban J connectivity index is 3.32. The van der Waals surface area contributed by atoms with E-state index in [0.29, 0.717) is 5.56 Å². The molecule has 0 radical (unpaired) electrons. The van der Waals surface area contributed by atoms with Gasteiger partial charge < -0.3 is 9.84 Å². The molecule has 3 nitrogen and oxygen atoms in total. The molecular weight excluding hydrogens is 227 g/mol. The van der Waals surface area contributed by atoms with Crippen LogP contribution in [0.15, 0.2) is 18.2 Å². The quantitative estimate of drug-likeness (QED) is 0.645. The van der Waals surface area contributed by atoms with Gasteiger partial charge in [0.15, 0.2) is 5.56 Å². The molecule has 0 heterocycles. The highest BCUT2D eigenvalue weighted by Crippen LogP contribution is 2.31. The average molecular weight is 235 g/mol. The van der Waals surface area contributed by atoms with Gasteiger partial charge in [-0.25, -0.2) is 0 Å². The maximum Gasteiger partial charge on any atom is 0.256 e. The van der Waals surface area contributed by atoms with E-state index in [4.69, 9.17) is 27.9 Å². The van der Waals surface area contributed by atoms with Crippen molar-refractivity contribution in [1.82, 2.24) is 0 Å². The Morgan fingerprint density at radius 3 is 2.64 bits per heavy atom. The van der Waals surface area contributed by atoms with Gasteiger partial charge >= 0.3 is 0 Å². The number of ether oxygens (including phenoxy) is 1. The summed E-state index contributed by atoms with van der Waals surface area (Å²) in [6.45, 7) is 0. The predicted molar refractivity (Wildman–Crippen MR) is 54.0 cm³/mol. The molecule has 5 heteroatoms. The first-order valence-electron chi connectivity index (χ1n) is 3.76. The van der Waals surface area contributed by atoms with Crippen LogP contribution in [-0.2, 0) is 0 Å². The van der Waals surface area contributed by atoms with Crippen molar-refractivity contribution in [3.63, 3.8) is 0 Å². The van der Waals surface area contributed by atoms with E-state index in [-0.39, 0.29) is 11.3 Å². The van der Waals surface area contributed by atoms with Gasteiger partial charge in [0.25, 0.3) is 5.24 Å². The fourth-order valence-corrected chi connectivity index (χ4v) is 1.45. The SMILES string of the molecule is COc1c(C(=O)Cl)cccc1C(O)Cl. The van der Waals surface area contributed by atoms with E-state index in [2.05, 4.69) is 0 Å². The Morgan fingerprint density at radius 2 is 2.21 bits per heavy atom. The van der Waals surface area contributed by atoms with Gasteiger partial charge in [-0.05, 0) is 17.7 Å². The number of para-hydroxylation sites is 1. The summed E-state index contributed by atoms with van der Waals surface area (Å²) in [6, 6.07) is 4.62.